The molecule has 1 rings (SSSR count). The molecule has 0 bridgehead atoms. The summed E-state index contributed by atoms with van der Waals surface area (Å²) in [5.74, 6) is -1.07. The molecular formula is C7H10N4O3. The van der Waals surface area contributed by atoms with Crippen molar-refractivity contribution in [2.75, 3.05) is 0 Å². The molecule has 0 saturated heterocycles. The summed E-state index contributed by atoms with van der Waals surface area (Å²) < 4.78 is 0. The third kappa shape index (κ3) is 2.85. The Kier molecular flexibility index (Phi) is 3.16. The number of carboxylic acids is 1. The van der Waals surface area contributed by atoms with Gasteiger partial charge in [-0.2, -0.15) is 5.10 Å². The molecule has 1 unspecified atom stereocenters. The standard InChI is InChI=1S/C7H10N4O3/c1-4(12)10-5(7(13)14)2-6-8-3-9-11-6/h3,5H,2H2,1H3,(H,10,12)(H,13,14)(H,8,9,11). The van der Waals surface area contributed by atoms with Crippen molar-refractivity contribution in [3.05, 3.63) is 12.2 Å². The quantitative estimate of drug-likeness (QED) is 0.571. The number of hydrogen-bond acceptors (Lipinski definition) is 4. The maximum Gasteiger partial charge on any atom is 0.326 e. The molecular weight excluding hydrogens is 188 g/mol. The highest BCUT2D eigenvalue weighted by atomic mass is 16.4. The number of H-pyrrole nitrogens is 1. The topological polar surface area (TPSA) is 108 Å². The zero-order chi connectivity index (χ0) is 10.6. The lowest BCUT2D eigenvalue weighted by atomic mass is 10.2. The van der Waals surface area contributed by atoms with Crippen molar-refractivity contribution in [1.29, 1.82) is 0 Å². The Morgan fingerprint density at radius 1 is 1.71 bits per heavy atom. The first-order valence-electron chi connectivity index (χ1n) is 3.93. The molecule has 1 aromatic rings. The van der Waals surface area contributed by atoms with Crippen molar-refractivity contribution < 1.29 is 14.7 Å². The van der Waals surface area contributed by atoms with E-state index in [1.54, 1.807) is 0 Å². The van der Waals surface area contributed by atoms with E-state index < -0.39 is 17.9 Å². The van der Waals surface area contributed by atoms with Crippen LogP contribution in [0.5, 0.6) is 0 Å². The first-order chi connectivity index (χ1) is 6.59. The van der Waals surface area contributed by atoms with Crippen molar-refractivity contribution in [2.24, 2.45) is 0 Å². The summed E-state index contributed by atoms with van der Waals surface area (Å²) in [5, 5.41) is 17.1. The van der Waals surface area contributed by atoms with Gasteiger partial charge in [0.25, 0.3) is 0 Å². The number of amides is 1. The number of aromatic nitrogens is 3. The van der Waals surface area contributed by atoms with Crippen LogP contribution in [0.15, 0.2) is 6.33 Å². The Labute approximate surface area is 79.5 Å². The lowest BCUT2D eigenvalue weighted by Gasteiger charge is -2.10. The van der Waals surface area contributed by atoms with Crippen molar-refractivity contribution in [3.63, 3.8) is 0 Å². The number of hydrogen-bond donors (Lipinski definition) is 3. The molecule has 1 aromatic heterocycles. The minimum absolute atomic E-state index is 0.0922. The molecule has 0 saturated carbocycles. The predicted molar refractivity (Wildman–Crippen MR) is 45.3 cm³/mol. The van der Waals surface area contributed by atoms with E-state index in [0.717, 1.165) is 0 Å². The van der Waals surface area contributed by atoms with Gasteiger partial charge >= 0.3 is 5.97 Å². The van der Waals surface area contributed by atoms with E-state index in [1.165, 1.54) is 13.3 Å². The molecule has 0 fully saturated rings. The van der Waals surface area contributed by atoms with Gasteiger partial charge in [-0.1, -0.05) is 0 Å². The van der Waals surface area contributed by atoms with Gasteiger partial charge in [-0.15, -0.1) is 0 Å². The van der Waals surface area contributed by atoms with Crippen LogP contribution in [0, 0.1) is 0 Å². The van der Waals surface area contributed by atoms with Crippen molar-refractivity contribution >= 4 is 11.9 Å². The molecule has 1 heterocycles. The van der Waals surface area contributed by atoms with E-state index in [1.807, 2.05) is 0 Å². The van der Waals surface area contributed by atoms with E-state index in [-0.39, 0.29) is 6.42 Å². The van der Waals surface area contributed by atoms with Crippen LogP contribution in [-0.2, 0) is 16.0 Å². The number of carbonyl (C=O) groups is 2. The number of carboxylic acid groups (broad SMARTS) is 1. The van der Waals surface area contributed by atoms with E-state index in [4.69, 9.17) is 5.11 Å². The fraction of sp³-hybridized carbons (Fsp3) is 0.429. The molecule has 0 aliphatic heterocycles. The fourth-order valence-corrected chi connectivity index (χ4v) is 0.968. The molecule has 0 radical (unpaired) electrons. The summed E-state index contributed by atoms with van der Waals surface area (Å²) in [5.41, 5.74) is 0. The van der Waals surface area contributed by atoms with Crippen LogP contribution in [0.4, 0.5) is 0 Å². The first kappa shape index (κ1) is 10.2. The molecule has 7 heteroatoms. The highest BCUT2D eigenvalue weighted by molar-refractivity contribution is 5.82. The minimum Gasteiger partial charge on any atom is -0.480 e. The van der Waals surface area contributed by atoms with E-state index in [0.29, 0.717) is 5.82 Å². The summed E-state index contributed by atoms with van der Waals surface area (Å²) in [4.78, 5) is 25.1. The van der Waals surface area contributed by atoms with Crippen LogP contribution in [0.3, 0.4) is 0 Å². The van der Waals surface area contributed by atoms with Crippen molar-refractivity contribution in [2.45, 2.75) is 19.4 Å². The Balaban J connectivity index is 2.60. The molecule has 14 heavy (non-hydrogen) atoms. The monoisotopic (exact) mass is 198 g/mol. The highest BCUT2D eigenvalue weighted by Crippen LogP contribution is 1.95. The summed E-state index contributed by atoms with van der Waals surface area (Å²) in [6.07, 6.45) is 1.37. The van der Waals surface area contributed by atoms with Crippen LogP contribution in [0.25, 0.3) is 0 Å². The Hall–Kier alpha value is -1.92. The summed E-state index contributed by atoms with van der Waals surface area (Å²) in [6.45, 7) is 1.26. The number of aromatic amines is 1. The molecule has 76 valence electrons. The van der Waals surface area contributed by atoms with Crippen LogP contribution >= 0.6 is 0 Å². The van der Waals surface area contributed by atoms with E-state index in [9.17, 15) is 9.59 Å². The Morgan fingerprint density at radius 3 is 2.86 bits per heavy atom. The van der Waals surface area contributed by atoms with E-state index in [2.05, 4.69) is 20.5 Å². The average Bonchev–Trinajstić information content (AvgIpc) is 2.54. The Bertz CT molecular complexity index is 322. The van der Waals surface area contributed by atoms with Crippen LogP contribution in [0.1, 0.15) is 12.7 Å². The van der Waals surface area contributed by atoms with Crippen LogP contribution in [0.2, 0.25) is 0 Å². The molecule has 1 atom stereocenters. The van der Waals surface area contributed by atoms with Gasteiger partial charge in [0.05, 0.1) is 0 Å². The number of nitrogens with one attached hydrogen (secondary N) is 2. The lowest BCUT2D eigenvalue weighted by Crippen LogP contribution is -2.41. The minimum atomic E-state index is -1.10. The summed E-state index contributed by atoms with van der Waals surface area (Å²) in [6, 6.07) is -0.972. The maximum atomic E-state index is 10.7. The largest absolute Gasteiger partial charge is 0.480 e. The molecule has 0 aliphatic rings. The summed E-state index contributed by atoms with van der Waals surface area (Å²) >= 11 is 0. The molecule has 0 aromatic carbocycles. The molecule has 3 N–H and O–H groups in total. The number of rotatable bonds is 4. The summed E-state index contributed by atoms with van der Waals surface area (Å²) in [7, 11) is 0. The second-order valence-electron chi connectivity index (χ2n) is 2.73. The van der Waals surface area contributed by atoms with Gasteiger partial charge in [0.1, 0.15) is 18.2 Å². The number of aliphatic carboxylic acids is 1. The predicted octanol–water partition coefficient (Wildman–Crippen LogP) is -1.06. The van der Waals surface area contributed by atoms with Gasteiger partial charge in [0.15, 0.2) is 0 Å². The van der Waals surface area contributed by atoms with Crippen molar-refractivity contribution in [1.82, 2.24) is 20.5 Å². The maximum absolute atomic E-state index is 10.7. The molecule has 0 spiro atoms. The first-order valence-corrected chi connectivity index (χ1v) is 3.93. The second kappa shape index (κ2) is 4.35. The smallest absolute Gasteiger partial charge is 0.326 e. The third-order valence-electron chi connectivity index (χ3n) is 1.54. The Morgan fingerprint density at radius 2 is 2.43 bits per heavy atom. The van der Waals surface area contributed by atoms with Gasteiger partial charge in [-0.25, -0.2) is 9.78 Å². The number of nitrogens with zero attached hydrogens (tertiary/aromatic N) is 2. The molecule has 0 aliphatic carbocycles. The fourth-order valence-electron chi connectivity index (χ4n) is 0.968. The SMILES string of the molecule is CC(=O)NC(Cc1ncn[nH]1)C(=O)O. The zero-order valence-corrected chi connectivity index (χ0v) is 7.52. The lowest BCUT2D eigenvalue weighted by molar-refractivity contribution is -0.141. The number of carbonyl (C=O) groups excluding carboxylic acids is 1. The third-order valence-corrected chi connectivity index (χ3v) is 1.54. The second-order valence-corrected chi connectivity index (χ2v) is 2.73. The van der Waals surface area contributed by atoms with Gasteiger partial charge in [-0.05, 0) is 0 Å². The van der Waals surface area contributed by atoms with Gasteiger partial charge in [0.2, 0.25) is 5.91 Å². The molecule has 1 amide bonds. The normalized spacial score (nSPS) is 12.1. The van der Waals surface area contributed by atoms with Gasteiger partial charge in [-0.3, -0.25) is 9.89 Å². The van der Waals surface area contributed by atoms with Crippen LogP contribution < -0.4 is 5.32 Å². The van der Waals surface area contributed by atoms with Gasteiger partial charge < -0.3 is 10.4 Å². The van der Waals surface area contributed by atoms with Crippen LogP contribution in [-0.4, -0.2) is 38.2 Å². The van der Waals surface area contributed by atoms with E-state index >= 15 is 0 Å². The van der Waals surface area contributed by atoms with Gasteiger partial charge in [0, 0.05) is 13.3 Å². The zero-order valence-electron chi connectivity index (χ0n) is 7.52. The highest BCUT2D eigenvalue weighted by Gasteiger charge is 2.19. The van der Waals surface area contributed by atoms with Crippen molar-refractivity contribution in [3.8, 4) is 0 Å². The average molecular weight is 198 g/mol. The molecule has 7 nitrogen and oxygen atoms in total.